The van der Waals surface area contributed by atoms with E-state index in [1.807, 2.05) is 12.1 Å². The van der Waals surface area contributed by atoms with Gasteiger partial charge in [-0.1, -0.05) is 47.1 Å². The molecule has 0 aromatic heterocycles. The minimum absolute atomic E-state index is 0.0561. The van der Waals surface area contributed by atoms with Gasteiger partial charge in [-0.2, -0.15) is 0 Å². The number of amides is 3. The molecule has 43 heavy (non-hydrogen) atoms. The molecule has 0 radical (unpaired) electrons. The molecule has 2 aliphatic rings. The van der Waals surface area contributed by atoms with Crippen molar-refractivity contribution in [1.82, 2.24) is 4.90 Å². The summed E-state index contributed by atoms with van der Waals surface area (Å²) in [6.07, 6.45) is 5.18. The van der Waals surface area contributed by atoms with E-state index in [-0.39, 0.29) is 37.4 Å². The van der Waals surface area contributed by atoms with E-state index < -0.39 is 17.4 Å². The molecule has 1 saturated heterocycles. The number of aliphatic hydroxyl groups excluding tert-OH is 1. The molecule has 5 rings (SSSR count). The summed E-state index contributed by atoms with van der Waals surface area (Å²) in [5, 5.41) is 24.4. The van der Waals surface area contributed by atoms with Crippen molar-refractivity contribution in [2.45, 2.75) is 44.4 Å². The van der Waals surface area contributed by atoms with Gasteiger partial charge in [0.25, 0.3) is 11.8 Å². The second kappa shape index (κ2) is 12.7. The molecule has 0 unspecified atom stereocenters. The van der Waals surface area contributed by atoms with Gasteiger partial charge in [0, 0.05) is 45.9 Å². The number of benzene rings is 3. The van der Waals surface area contributed by atoms with Crippen molar-refractivity contribution in [2.75, 3.05) is 29.1 Å². The van der Waals surface area contributed by atoms with Crippen LogP contribution in [0.3, 0.4) is 0 Å². The normalized spacial score (nSPS) is 20.5. The smallest absolute Gasteiger partial charge is 0.264 e. The van der Waals surface area contributed by atoms with Gasteiger partial charge < -0.3 is 31.1 Å². The lowest BCUT2D eigenvalue weighted by Crippen LogP contribution is -2.44. The third-order valence-electron chi connectivity index (χ3n) is 8.21. The number of halogens is 1. The van der Waals surface area contributed by atoms with E-state index in [4.69, 9.17) is 5.73 Å². The number of likely N-dealkylation sites (tertiary alicyclic amines) is 1. The van der Waals surface area contributed by atoms with Crippen LogP contribution in [0, 0.1) is 5.92 Å². The quantitative estimate of drug-likeness (QED) is 0.198. The molecule has 0 spiro atoms. The number of carbonyl (C=O) groups is 3. The highest BCUT2D eigenvalue weighted by Gasteiger charge is 2.52. The molecule has 0 saturated carbocycles. The largest absolute Gasteiger partial charge is 0.399 e. The Bertz CT molecular complexity index is 1560. The van der Waals surface area contributed by atoms with Gasteiger partial charge in [-0.15, -0.1) is 0 Å². The summed E-state index contributed by atoms with van der Waals surface area (Å²) in [5.74, 6) is -1.48. The summed E-state index contributed by atoms with van der Waals surface area (Å²) in [6.45, 7) is 2.50. The molecule has 224 valence electrons. The van der Waals surface area contributed by atoms with Crippen LogP contribution in [0.4, 0.5) is 17.1 Å². The van der Waals surface area contributed by atoms with Crippen molar-refractivity contribution in [3.05, 3.63) is 100 Å². The molecule has 3 atom stereocenters. The Balaban J connectivity index is 1.33. The Labute approximate surface area is 259 Å². The van der Waals surface area contributed by atoms with E-state index in [2.05, 4.69) is 21.2 Å². The molecule has 5 N–H and O–H groups in total. The molecule has 0 bridgehead atoms. The molecule has 10 heteroatoms. The highest BCUT2D eigenvalue weighted by molar-refractivity contribution is 9.10. The maximum absolute atomic E-state index is 13.9. The number of carbonyl (C=O) groups excluding carboxylic acids is 3. The van der Waals surface area contributed by atoms with Gasteiger partial charge in [-0.25, -0.2) is 0 Å². The third-order valence-corrected chi connectivity index (χ3v) is 8.71. The first-order valence-electron chi connectivity index (χ1n) is 14.3. The summed E-state index contributed by atoms with van der Waals surface area (Å²) in [7, 11) is 0. The van der Waals surface area contributed by atoms with Crippen LogP contribution in [0.15, 0.2) is 83.4 Å². The number of aliphatic hydroxyl groups is 2. The lowest BCUT2D eigenvalue weighted by Gasteiger charge is -2.28. The topological polar surface area (TPSA) is 136 Å². The summed E-state index contributed by atoms with van der Waals surface area (Å²) in [6, 6.07) is 19.1. The van der Waals surface area contributed by atoms with Crippen molar-refractivity contribution < 1.29 is 24.6 Å². The fourth-order valence-corrected chi connectivity index (χ4v) is 6.19. The minimum Gasteiger partial charge on any atom is -0.399 e. The van der Waals surface area contributed by atoms with E-state index >= 15 is 0 Å². The minimum atomic E-state index is -1.85. The lowest BCUT2D eigenvalue weighted by atomic mass is 9.83. The van der Waals surface area contributed by atoms with Crippen LogP contribution >= 0.6 is 15.9 Å². The van der Waals surface area contributed by atoms with Crippen LogP contribution in [0.25, 0.3) is 0 Å². The molecule has 0 aliphatic carbocycles. The van der Waals surface area contributed by atoms with Gasteiger partial charge in [0.2, 0.25) is 5.91 Å². The summed E-state index contributed by atoms with van der Waals surface area (Å²) in [5.41, 5.74) is 7.31. The number of anilines is 3. The van der Waals surface area contributed by atoms with Crippen molar-refractivity contribution in [3.63, 3.8) is 0 Å². The van der Waals surface area contributed by atoms with Gasteiger partial charge in [-0.3, -0.25) is 14.4 Å². The average molecular weight is 648 g/mol. The van der Waals surface area contributed by atoms with Crippen LogP contribution in [0.1, 0.15) is 47.7 Å². The number of nitrogens with two attached hydrogens (primary N) is 1. The predicted molar refractivity (Wildman–Crippen MR) is 169 cm³/mol. The maximum atomic E-state index is 13.9. The van der Waals surface area contributed by atoms with Gasteiger partial charge in [0.1, 0.15) is 0 Å². The van der Waals surface area contributed by atoms with E-state index in [1.54, 1.807) is 83.5 Å². The molecule has 1 fully saturated rings. The fraction of sp³-hybridized carbons (Fsp3) is 0.303. The number of nitrogens with one attached hydrogen (secondary N) is 1. The Kier molecular flexibility index (Phi) is 9.00. The first-order chi connectivity index (χ1) is 20.6. The van der Waals surface area contributed by atoms with Crippen LogP contribution in [0.2, 0.25) is 0 Å². The summed E-state index contributed by atoms with van der Waals surface area (Å²) in [4.78, 5) is 42.7. The second-order valence-corrected chi connectivity index (χ2v) is 12.0. The van der Waals surface area contributed by atoms with E-state index in [9.17, 15) is 24.6 Å². The monoisotopic (exact) mass is 646 g/mol. The van der Waals surface area contributed by atoms with E-state index in [0.717, 1.165) is 22.9 Å². The lowest BCUT2D eigenvalue weighted by molar-refractivity contribution is -0.139. The van der Waals surface area contributed by atoms with Crippen LogP contribution in [0.5, 0.6) is 0 Å². The Morgan fingerprint density at radius 3 is 2.67 bits per heavy atom. The molecule has 2 aliphatic heterocycles. The second-order valence-electron chi connectivity index (χ2n) is 11.1. The molecule has 3 amide bonds. The first-order valence-corrected chi connectivity index (χ1v) is 15.1. The van der Waals surface area contributed by atoms with Crippen molar-refractivity contribution >= 4 is 50.7 Å². The van der Waals surface area contributed by atoms with Crippen molar-refractivity contribution in [2.24, 2.45) is 5.92 Å². The van der Waals surface area contributed by atoms with Crippen LogP contribution in [-0.2, 0) is 21.7 Å². The maximum Gasteiger partial charge on any atom is 0.264 e. The molecule has 9 nitrogen and oxygen atoms in total. The third kappa shape index (κ3) is 6.22. The Hall–Kier alpha value is -3.99. The van der Waals surface area contributed by atoms with Gasteiger partial charge >= 0.3 is 0 Å². The standard InChI is InChI=1S/C33H35BrN4O5/c1-21(5-2-9-30(40)37-16-4-8-27(37)20-39)33(43)28-18-24(34)12-15-29(28)38(32(33)42)19-22-6-3-7-26(17-22)36-31(41)23-10-13-25(35)14-11-23/h2-3,5-7,10-15,17-18,21,27,39,43H,4,8-9,16,19-20,35H2,1H3,(H,36,41)/b5-2+/t21-,27-,33+/m0/s1. The fourth-order valence-electron chi connectivity index (χ4n) is 5.83. The summed E-state index contributed by atoms with van der Waals surface area (Å²) >= 11 is 3.47. The zero-order chi connectivity index (χ0) is 30.7. The number of hydrogen-bond acceptors (Lipinski definition) is 6. The van der Waals surface area contributed by atoms with Crippen LogP contribution in [-0.4, -0.2) is 52.0 Å². The highest BCUT2D eigenvalue weighted by Crippen LogP contribution is 2.46. The molecule has 3 aromatic carbocycles. The van der Waals surface area contributed by atoms with Gasteiger partial charge in [0.05, 0.1) is 24.9 Å². The van der Waals surface area contributed by atoms with Crippen LogP contribution < -0.4 is 16.0 Å². The summed E-state index contributed by atoms with van der Waals surface area (Å²) < 4.78 is 0.724. The number of hydrogen-bond donors (Lipinski definition) is 4. The number of fused-ring (bicyclic) bond motifs is 1. The zero-order valence-corrected chi connectivity index (χ0v) is 25.5. The van der Waals surface area contributed by atoms with Gasteiger partial charge in [-0.05, 0) is 73.0 Å². The molecular weight excluding hydrogens is 612 g/mol. The SMILES string of the molecule is C[C@@H](/C=C/CC(=O)N1CCC[C@H]1CO)[C@]1(O)C(=O)N(Cc2cccc(NC(=O)c3ccc(N)cc3)c2)c2ccc(Br)cc21. The molecule has 3 aromatic rings. The van der Waals surface area contributed by atoms with Crippen molar-refractivity contribution in [1.29, 1.82) is 0 Å². The first kappa shape index (κ1) is 30.5. The Morgan fingerprint density at radius 1 is 1.16 bits per heavy atom. The van der Waals surface area contributed by atoms with Gasteiger partial charge in [0.15, 0.2) is 5.60 Å². The van der Waals surface area contributed by atoms with Crippen molar-refractivity contribution in [3.8, 4) is 0 Å². The number of rotatable bonds is 9. The highest BCUT2D eigenvalue weighted by atomic mass is 79.9. The molecular formula is C33H35BrN4O5. The van der Waals surface area contributed by atoms with E-state index in [0.29, 0.717) is 34.7 Å². The Morgan fingerprint density at radius 2 is 1.93 bits per heavy atom. The molecule has 2 heterocycles. The zero-order valence-electron chi connectivity index (χ0n) is 23.9. The van der Waals surface area contributed by atoms with E-state index in [1.165, 1.54) is 0 Å². The average Bonchev–Trinajstić information content (AvgIpc) is 3.56. The predicted octanol–water partition coefficient (Wildman–Crippen LogP) is 4.58. The number of nitrogen functional groups attached to an aromatic ring is 1. The number of nitrogens with zero attached hydrogens (tertiary/aromatic N) is 2.